The van der Waals surface area contributed by atoms with Crippen molar-refractivity contribution in [3.8, 4) is 5.75 Å². The maximum Gasteiger partial charge on any atom is 0.165 e. The van der Waals surface area contributed by atoms with Crippen LogP contribution in [0.25, 0.3) is 0 Å². The molecule has 0 heterocycles. The summed E-state index contributed by atoms with van der Waals surface area (Å²) in [5.74, 6) is -0.933. The Kier molecular flexibility index (Phi) is 3.44. The first-order valence-electron chi connectivity index (χ1n) is 4.57. The minimum absolute atomic E-state index is 0.264. The molecular weight excluding hydrogens is 186 g/mol. The molecule has 3 heteroatoms. The first-order valence-corrected chi connectivity index (χ1v) is 4.57. The normalized spacial score (nSPS) is 10.7. The van der Waals surface area contributed by atoms with E-state index in [9.17, 15) is 8.78 Å². The van der Waals surface area contributed by atoms with Crippen LogP contribution in [0.15, 0.2) is 12.1 Å². The van der Waals surface area contributed by atoms with Gasteiger partial charge < -0.3 is 4.74 Å². The molecular formula is C11H14F2O. The van der Waals surface area contributed by atoms with Gasteiger partial charge in [0.1, 0.15) is 5.75 Å². The Bertz CT molecular complexity index is 321. The van der Waals surface area contributed by atoms with Crippen molar-refractivity contribution >= 4 is 0 Å². The van der Waals surface area contributed by atoms with Crippen LogP contribution in [0.3, 0.4) is 0 Å². The predicted octanol–water partition coefficient (Wildman–Crippen LogP) is 3.17. The summed E-state index contributed by atoms with van der Waals surface area (Å²) in [6.45, 7) is 3.90. The molecule has 0 saturated carbocycles. The van der Waals surface area contributed by atoms with Crippen LogP contribution in [0.5, 0.6) is 5.75 Å². The zero-order chi connectivity index (χ0) is 10.7. The Morgan fingerprint density at radius 3 is 2.43 bits per heavy atom. The molecule has 0 unspecified atom stereocenters. The third kappa shape index (κ3) is 2.22. The molecule has 0 saturated heterocycles. The molecule has 0 bridgehead atoms. The maximum atomic E-state index is 13.4. The van der Waals surface area contributed by atoms with Gasteiger partial charge in [0.25, 0.3) is 0 Å². The fourth-order valence-corrected chi connectivity index (χ4v) is 1.36. The highest BCUT2D eigenvalue weighted by Crippen LogP contribution is 2.25. The molecule has 0 N–H and O–H groups in total. The fraction of sp³-hybridized carbons (Fsp3) is 0.455. The van der Waals surface area contributed by atoms with Crippen molar-refractivity contribution in [2.24, 2.45) is 5.92 Å². The predicted molar refractivity (Wildman–Crippen MR) is 51.5 cm³/mol. The molecule has 0 radical (unpaired) electrons. The summed E-state index contributed by atoms with van der Waals surface area (Å²) < 4.78 is 31.2. The number of methoxy groups -OCH3 is 1. The number of hydrogen-bond acceptors (Lipinski definition) is 1. The topological polar surface area (TPSA) is 9.23 Å². The third-order valence-corrected chi connectivity index (χ3v) is 1.99. The smallest absolute Gasteiger partial charge is 0.165 e. The van der Waals surface area contributed by atoms with E-state index in [1.165, 1.54) is 13.2 Å². The van der Waals surface area contributed by atoms with Crippen molar-refractivity contribution in [2.75, 3.05) is 7.11 Å². The Labute approximate surface area is 82.7 Å². The average molecular weight is 200 g/mol. The molecule has 14 heavy (non-hydrogen) atoms. The molecule has 0 aliphatic heterocycles. The second-order valence-electron chi connectivity index (χ2n) is 3.64. The Morgan fingerprint density at radius 1 is 1.29 bits per heavy atom. The second kappa shape index (κ2) is 4.40. The molecule has 78 valence electrons. The highest BCUT2D eigenvalue weighted by atomic mass is 19.2. The minimum Gasteiger partial charge on any atom is -0.496 e. The van der Waals surface area contributed by atoms with Crippen molar-refractivity contribution in [2.45, 2.75) is 20.3 Å². The van der Waals surface area contributed by atoms with Crippen LogP contribution >= 0.6 is 0 Å². The van der Waals surface area contributed by atoms with Crippen molar-refractivity contribution < 1.29 is 13.5 Å². The monoisotopic (exact) mass is 200 g/mol. The van der Waals surface area contributed by atoms with E-state index >= 15 is 0 Å². The Balaban J connectivity index is 3.14. The molecule has 0 spiro atoms. The van der Waals surface area contributed by atoms with Gasteiger partial charge in [0.2, 0.25) is 0 Å². The van der Waals surface area contributed by atoms with Gasteiger partial charge in [-0.05, 0) is 24.5 Å². The number of halogens is 2. The summed E-state index contributed by atoms with van der Waals surface area (Å²) in [6.07, 6.45) is 0.479. The average Bonchev–Trinajstić information content (AvgIpc) is 2.13. The van der Waals surface area contributed by atoms with Gasteiger partial charge in [-0.2, -0.15) is 0 Å². The lowest BCUT2D eigenvalue weighted by Gasteiger charge is -2.11. The number of benzene rings is 1. The molecule has 0 amide bonds. The lowest BCUT2D eigenvalue weighted by atomic mass is 10.0. The fourth-order valence-electron chi connectivity index (χ4n) is 1.36. The van der Waals surface area contributed by atoms with Crippen molar-refractivity contribution in [3.63, 3.8) is 0 Å². The lowest BCUT2D eigenvalue weighted by Crippen LogP contribution is -2.03. The van der Waals surface area contributed by atoms with Gasteiger partial charge in [-0.3, -0.25) is 0 Å². The largest absolute Gasteiger partial charge is 0.496 e. The van der Waals surface area contributed by atoms with Gasteiger partial charge >= 0.3 is 0 Å². The van der Waals surface area contributed by atoms with Crippen LogP contribution in [-0.4, -0.2) is 7.11 Å². The van der Waals surface area contributed by atoms with Crippen LogP contribution < -0.4 is 4.74 Å². The summed E-state index contributed by atoms with van der Waals surface area (Å²) in [4.78, 5) is 0. The van der Waals surface area contributed by atoms with Crippen molar-refractivity contribution in [1.29, 1.82) is 0 Å². The molecule has 1 aromatic carbocycles. The number of rotatable bonds is 3. The number of hydrogen-bond donors (Lipinski definition) is 0. The van der Waals surface area contributed by atoms with E-state index in [2.05, 4.69) is 0 Å². The summed E-state index contributed by atoms with van der Waals surface area (Å²) >= 11 is 0. The summed E-state index contributed by atoms with van der Waals surface area (Å²) in [6, 6.07) is 2.54. The van der Waals surface area contributed by atoms with Gasteiger partial charge in [0.05, 0.1) is 7.11 Å². The van der Waals surface area contributed by atoms with Crippen LogP contribution in [0.2, 0.25) is 0 Å². The molecule has 0 aromatic heterocycles. The molecule has 1 nitrogen and oxygen atoms in total. The first kappa shape index (κ1) is 11.0. The van der Waals surface area contributed by atoms with E-state index in [1.54, 1.807) is 0 Å². The molecule has 1 rings (SSSR count). The standard InChI is InChI=1S/C11H14F2O/c1-7(2)6-8-10(14-3)5-4-9(12)11(8)13/h4-5,7H,6H2,1-3H3. The van der Waals surface area contributed by atoms with Crippen LogP contribution in [0, 0.1) is 17.6 Å². The van der Waals surface area contributed by atoms with Crippen LogP contribution in [0.4, 0.5) is 8.78 Å². The summed E-state index contributed by atoms with van der Waals surface area (Å²) in [7, 11) is 1.45. The minimum atomic E-state index is -0.818. The summed E-state index contributed by atoms with van der Waals surface area (Å²) in [5, 5.41) is 0. The SMILES string of the molecule is COc1ccc(F)c(F)c1CC(C)C. The van der Waals surface area contributed by atoms with Crippen LogP contribution in [0.1, 0.15) is 19.4 Å². The van der Waals surface area contributed by atoms with E-state index in [4.69, 9.17) is 4.74 Å². The zero-order valence-corrected chi connectivity index (χ0v) is 8.60. The van der Waals surface area contributed by atoms with E-state index in [0.717, 1.165) is 6.07 Å². The lowest BCUT2D eigenvalue weighted by molar-refractivity contribution is 0.393. The van der Waals surface area contributed by atoms with Crippen molar-refractivity contribution in [1.82, 2.24) is 0 Å². The summed E-state index contributed by atoms with van der Waals surface area (Å²) in [5.41, 5.74) is 0.322. The maximum absolute atomic E-state index is 13.4. The Hall–Kier alpha value is -1.12. The van der Waals surface area contributed by atoms with Crippen molar-refractivity contribution in [3.05, 3.63) is 29.3 Å². The Morgan fingerprint density at radius 2 is 1.93 bits per heavy atom. The van der Waals surface area contributed by atoms with Crippen LogP contribution in [-0.2, 0) is 6.42 Å². The second-order valence-corrected chi connectivity index (χ2v) is 3.64. The molecule has 0 aliphatic carbocycles. The van der Waals surface area contributed by atoms with Gasteiger partial charge in [-0.15, -0.1) is 0 Å². The van der Waals surface area contributed by atoms with Gasteiger partial charge in [-0.25, -0.2) is 8.78 Å². The third-order valence-electron chi connectivity index (χ3n) is 1.99. The zero-order valence-electron chi connectivity index (χ0n) is 8.60. The number of ether oxygens (including phenoxy) is 1. The van der Waals surface area contributed by atoms with E-state index in [1.807, 2.05) is 13.8 Å². The molecule has 0 aliphatic rings. The van der Waals surface area contributed by atoms with Gasteiger partial charge in [0, 0.05) is 5.56 Å². The molecule has 0 fully saturated rings. The first-order chi connectivity index (χ1) is 6.56. The highest BCUT2D eigenvalue weighted by molar-refractivity contribution is 5.35. The molecule has 0 atom stereocenters. The van der Waals surface area contributed by atoms with Gasteiger partial charge in [0.15, 0.2) is 11.6 Å². The molecule has 1 aromatic rings. The highest BCUT2D eigenvalue weighted by Gasteiger charge is 2.14. The van der Waals surface area contributed by atoms with E-state index in [0.29, 0.717) is 17.7 Å². The van der Waals surface area contributed by atoms with E-state index < -0.39 is 11.6 Å². The quantitative estimate of drug-likeness (QED) is 0.728. The van der Waals surface area contributed by atoms with Gasteiger partial charge in [-0.1, -0.05) is 13.8 Å². The van der Waals surface area contributed by atoms with E-state index in [-0.39, 0.29) is 5.92 Å².